The summed E-state index contributed by atoms with van der Waals surface area (Å²) < 4.78 is 11.1. The molecule has 0 saturated carbocycles. The van der Waals surface area contributed by atoms with E-state index in [0.29, 0.717) is 12.6 Å². The zero-order chi connectivity index (χ0) is 12.5. The van der Waals surface area contributed by atoms with Crippen molar-refractivity contribution in [3.63, 3.8) is 0 Å². The van der Waals surface area contributed by atoms with Crippen molar-refractivity contribution in [1.82, 2.24) is 5.32 Å². The molecule has 0 heterocycles. The second kappa shape index (κ2) is 7.96. The molecule has 1 unspecified atom stereocenters. The van der Waals surface area contributed by atoms with Crippen LogP contribution in [-0.2, 0) is 0 Å². The standard InChI is InChI=1S/C14H23NO2/c1-4-15-12(3)9-10-17-14-8-6-7-13(11-14)16-5-2/h6-8,11-12,15H,4-5,9-10H2,1-3H3. The zero-order valence-corrected chi connectivity index (χ0v) is 11.0. The van der Waals surface area contributed by atoms with Crippen molar-refractivity contribution in [1.29, 1.82) is 0 Å². The van der Waals surface area contributed by atoms with Crippen LogP contribution in [0.4, 0.5) is 0 Å². The second-order valence-corrected chi connectivity index (χ2v) is 4.00. The van der Waals surface area contributed by atoms with Crippen LogP contribution in [0.3, 0.4) is 0 Å². The molecule has 1 rings (SSSR count). The Hall–Kier alpha value is -1.22. The van der Waals surface area contributed by atoms with Crippen LogP contribution in [-0.4, -0.2) is 25.8 Å². The SMILES string of the molecule is CCNC(C)CCOc1cccc(OCC)c1. The van der Waals surface area contributed by atoms with Gasteiger partial charge in [0.05, 0.1) is 13.2 Å². The summed E-state index contributed by atoms with van der Waals surface area (Å²) in [6, 6.07) is 8.28. The molecule has 0 saturated heterocycles. The van der Waals surface area contributed by atoms with Gasteiger partial charge in [0.2, 0.25) is 0 Å². The fourth-order valence-electron chi connectivity index (χ4n) is 1.62. The molecule has 0 amide bonds. The maximum atomic E-state index is 5.69. The van der Waals surface area contributed by atoms with Gasteiger partial charge in [0.1, 0.15) is 11.5 Å². The normalized spacial score (nSPS) is 12.2. The van der Waals surface area contributed by atoms with E-state index in [1.165, 1.54) is 0 Å². The van der Waals surface area contributed by atoms with Gasteiger partial charge in [0.15, 0.2) is 0 Å². The summed E-state index contributed by atoms with van der Waals surface area (Å²) in [5, 5.41) is 3.36. The van der Waals surface area contributed by atoms with E-state index in [-0.39, 0.29) is 0 Å². The molecule has 1 aromatic rings. The van der Waals surface area contributed by atoms with E-state index in [1.807, 2.05) is 31.2 Å². The molecule has 3 heteroatoms. The average Bonchev–Trinajstić information content (AvgIpc) is 2.30. The third-order valence-corrected chi connectivity index (χ3v) is 2.49. The predicted molar refractivity (Wildman–Crippen MR) is 70.9 cm³/mol. The van der Waals surface area contributed by atoms with Gasteiger partial charge in [-0.3, -0.25) is 0 Å². The monoisotopic (exact) mass is 237 g/mol. The summed E-state index contributed by atoms with van der Waals surface area (Å²) in [6.07, 6.45) is 1.01. The van der Waals surface area contributed by atoms with Crippen molar-refractivity contribution in [3.05, 3.63) is 24.3 Å². The quantitative estimate of drug-likeness (QED) is 0.754. The zero-order valence-electron chi connectivity index (χ0n) is 11.0. The van der Waals surface area contributed by atoms with Crippen LogP contribution in [0.25, 0.3) is 0 Å². The molecule has 1 atom stereocenters. The van der Waals surface area contributed by atoms with E-state index >= 15 is 0 Å². The van der Waals surface area contributed by atoms with E-state index < -0.39 is 0 Å². The molecule has 0 aliphatic carbocycles. The fourth-order valence-corrected chi connectivity index (χ4v) is 1.62. The van der Waals surface area contributed by atoms with Crippen molar-refractivity contribution >= 4 is 0 Å². The molecule has 0 aromatic heterocycles. The number of ether oxygens (including phenoxy) is 2. The maximum Gasteiger partial charge on any atom is 0.122 e. The number of hydrogen-bond acceptors (Lipinski definition) is 3. The lowest BCUT2D eigenvalue weighted by Gasteiger charge is -2.13. The van der Waals surface area contributed by atoms with Crippen molar-refractivity contribution in [2.24, 2.45) is 0 Å². The minimum absolute atomic E-state index is 0.495. The van der Waals surface area contributed by atoms with E-state index in [0.717, 1.165) is 31.1 Å². The molecule has 0 spiro atoms. The maximum absolute atomic E-state index is 5.69. The molecule has 3 nitrogen and oxygen atoms in total. The summed E-state index contributed by atoms with van der Waals surface area (Å²) >= 11 is 0. The first-order valence-electron chi connectivity index (χ1n) is 6.35. The van der Waals surface area contributed by atoms with E-state index in [4.69, 9.17) is 9.47 Å². The lowest BCUT2D eigenvalue weighted by Crippen LogP contribution is -2.27. The largest absolute Gasteiger partial charge is 0.494 e. The molecule has 17 heavy (non-hydrogen) atoms. The molecule has 1 aromatic carbocycles. The molecule has 1 N–H and O–H groups in total. The third-order valence-electron chi connectivity index (χ3n) is 2.49. The number of hydrogen-bond donors (Lipinski definition) is 1. The highest BCUT2D eigenvalue weighted by atomic mass is 16.5. The Balaban J connectivity index is 2.33. The van der Waals surface area contributed by atoms with Crippen molar-refractivity contribution in [3.8, 4) is 11.5 Å². The van der Waals surface area contributed by atoms with Crippen molar-refractivity contribution < 1.29 is 9.47 Å². The summed E-state index contributed by atoms with van der Waals surface area (Å²) in [4.78, 5) is 0. The molecule has 0 aliphatic heterocycles. The lowest BCUT2D eigenvalue weighted by atomic mass is 10.2. The first-order chi connectivity index (χ1) is 8.26. The lowest BCUT2D eigenvalue weighted by molar-refractivity contribution is 0.287. The third kappa shape index (κ3) is 5.59. The smallest absolute Gasteiger partial charge is 0.122 e. The van der Waals surface area contributed by atoms with Gasteiger partial charge in [-0.15, -0.1) is 0 Å². The van der Waals surface area contributed by atoms with Gasteiger partial charge in [-0.25, -0.2) is 0 Å². The van der Waals surface area contributed by atoms with Crippen LogP contribution < -0.4 is 14.8 Å². The minimum Gasteiger partial charge on any atom is -0.494 e. The van der Waals surface area contributed by atoms with Crippen LogP contribution in [0.1, 0.15) is 27.2 Å². The summed E-state index contributed by atoms with van der Waals surface area (Å²) in [7, 11) is 0. The van der Waals surface area contributed by atoms with Crippen LogP contribution in [0.15, 0.2) is 24.3 Å². The Bertz CT molecular complexity index is 315. The van der Waals surface area contributed by atoms with Crippen molar-refractivity contribution in [2.75, 3.05) is 19.8 Å². The van der Waals surface area contributed by atoms with E-state index in [2.05, 4.69) is 19.2 Å². The van der Waals surface area contributed by atoms with Gasteiger partial charge in [-0.2, -0.15) is 0 Å². The molecular formula is C14H23NO2. The van der Waals surface area contributed by atoms with Crippen LogP contribution in [0.5, 0.6) is 11.5 Å². The highest BCUT2D eigenvalue weighted by molar-refractivity contribution is 5.32. The molecule has 0 bridgehead atoms. The molecule has 96 valence electrons. The average molecular weight is 237 g/mol. The summed E-state index contributed by atoms with van der Waals surface area (Å²) in [5.74, 6) is 1.74. The minimum atomic E-state index is 0.495. The topological polar surface area (TPSA) is 30.5 Å². The molecule has 0 fully saturated rings. The molecule has 0 aliphatic rings. The Kier molecular flexibility index (Phi) is 6.48. The highest BCUT2D eigenvalue weighted by Crippen LogP contribution is 2.19. The Morgan fingerprint density at radius 3 is 2.53 bits per heavy atom. The van der Waals surface area contributed by atoms with Gasteiger partial charge in [-0.05, 0) is 38.9 Å². The Morgan fingerprint density at radius 2 is 1.88 bits per heavy atom. The molecule has 0 radical (unpaired) electrons. The second-order valence-electron chi connectivity index (χ2n) is 4.00. The van der Waals surface area contributed by atoms with E-state index in [9.17, 15) is 0 Å². The number of nitrogens with one attached hydrogen (secondary N) is 1. The van der Waals surface area contributed by atoms with Gasteiger partial charge in [0, 0.05) is 12.1 Å². The van der Waals surface area contributed by atoms with Gasteiger partial charge in [0.25, 0.3) is 0 Å². The van der Waals surface area contributed by atoms with Crippen molar-refractivity contribution in [2.45, 2.75) is 33.2 Å². The van der Waals surface area contributed by atoms with E-state index in [1.54, 1.807) is 0 Å². The number of benzene rings is 1. The van der Waals surface area contributed by atoms with Crippen LogP contribution >= 0.6 is 0 Å². The Labute approximate surface area is 104 Å². The van der Waals surface area contributed by atoms with Crippen LogP contribution in [0.2, 0.25) is 0 Å². The highest BCUT2D eigenvalue weighted by Gasteiger charge is 2.01. The first-order valence-corrected chi connectivity index (χ1v) is 6.35. The summed E-state index contributed by atoms with van der Waals surface area (Å²) in [6.45, 7) is 8.67. The molecular weight excluding hydrogens is 214 g/mol. The predicted octanol–water partition coefficient (Wildman–Crippen LogP) is 2.85. The fraction of sp³-hybridized carbons (Fsp3) is 0.571. The Morgan fingerprint density at radius 1 is 1.18 bits per heavy atom. The van der Waals surface area contributed by atoms with Gasteiger partial charge < -0.3 is 14.8 Å². The summed E-state index contributed by atoms with van der Waals surface area (Å²) in [5.41, 5.74) is 0. The first kappa shape index (κ1) is 13.8. The number of rotatable bonds is 8. The van der Waals surface area contributed by atoms with Gasteiger partial charge >= 0.3 is 0 Å². The van der Waals surface area contributed by atoms with Crippen LogP contribution in [0, 0.1) is 0 Å². The van der Waals surface area contributed by atoms with Gasteiger partial charge in [-0.1, -0.05) is 13.0 Å².